The maximum atomic E-state index is 12.7. The number of likely N-dealkylation sites (N-methyl/N-ethyl adjacent to an activating group) is 1. The molecule has 5 heteroatoms. The van der Waals surface area contributed by atoms with E-state index in [2.05, 4.69) is 17.0 Å². The minimum absolute atomic E-state index is 0.252. The lowest BCUT2D eigenvalue weighted by Gasteiger charge is -2.30. The third-order valence-electron chi connectivity index (χ3n) is 5.49. The lowest BCUT2D eigenvalue weighted by atomic mass is 9.81. The van der Waals surface area contributed by atoms with Gasteiger partial charge in [-0.05, 0) is 48.4 Å². The van der Waals surface area contributed by atoms with Gasteiger partial charge in [0.15, 0.2) is 0 Å². The summed E-state index contributed by atoms with van der Waals surface area (Å²) in [7, 11) is 3.63. The third kappa shape index (κ3) is 4.73. The molecule has 3 rings (SSSR count). The monoisotopic (exact) mass is 346 g/mol. The molecular formula is C20H30N2O3. The number of fused-ring (bicyclic) bond motifs is 1. The van der Waals surface area contributed by atoms with Crippen LogP contribution in [0.2, 0.25) is 0 Å². The van der Waals surface area contributed by atoms with E-state index in [1.165, 1.54) is 11.1 Å². The Kier molecular flexibility index (Phi) is 6.32. The highest BCUT2D eigenvalue weighted by atomic mass is 16.5. The molecule has 1 saturated heterocycles. The number of benzene rings is 1. The van der Waals surface area contributed by atoms with Gasteiger partial charge in [-0.1, -0.05) is 6.07 Å². The van der Waals surface area contributed by atoms with Crippen LogP contribution in [0.4, 0.5) is 0 Å². The van der Waals surface area contributed by atoms with E-state index in [1.807, 2.05) is 18.0 Å². The topological polar surface area (TPSA) is 42.0 Å². The Morgan fingerprint density at radius 3 is 2.92 bits per heavy atom. The van der Waals surface area contributed by atoms with Crippen LogP contribution in [0.3, 0.4) is 0 Å². The number of methoxy groups -OCH3 is 1. The Morgan fingerprint density at radius 2 is 2.16 bits per heavy atom. The summed E-state index contributed by atoms with van der Waals surface area (Å²) in [4.78, 5) is 16.9. The second-order valence-electron chi connectivity index (χ2n) is 7.13. The first-order valence-electron chi connectivity index (χ1n) is 9.38. The van der Waals surface area contributed by atoms with E-state index in [1.54, 1.807) is 7.11 Å². The summed E-state index contributed by atoms with van der Waals surface area (Å²) < 4.78 is 10.7. The maximum Gasteiger partial charge on any atom is 0.222 e. The van der Waals surface area contributed by atoms with Crippen molar-refractivity contribution in [3.05, 3.63) is 29.3 Å². The Morgan fingerprint density at radius 1 is 1.36 bits per heavy atom. The van der Waals surface area contributed by atoms with Gasteiger partial charge in [-0.15, -0.1) is 0 Å². The number of hydrogen-bond acceptors (Lipinski definition) is 4. The number of aryl methyl sites for hydroxylation is 1. The first-order chi connectivity index (χ1) is 12.2. The summed E-state index contributed by atoms with van der Waals surface area (Å²) in [5, 5.41) is 0. The van der Waals surface area contributed by atoms with Gasteiger partial charge in [0.2, 0.25) is 5.91 Å². The first-order valence-corrected chi connectivity index (χ1v) is 9.38. The predicted octanol–water partition coefficient (Wildman–Crippen LogP) is 2.30. The molecule has 1 aliphatic carbocycles. The van der Waals surface area contributed by atoms with Gasteiger partial charge in [-0.25, -0.2) is 0 Å². The summed E-state index contributed by atoms with van der Waals surface area (Å²) in [5.41, 5.74) is 2.68. The van der Waals surface area contributed by atoms with Gasteiger partial charge in [0, 0.05) is 39.6 Å². The van der Waals surface area contributed by atoms with E-state index in [0.29, 0.717) is 12.3 Å². The fourth-order valence-corrected chi connectivity index (χ4v) is 3.84. The van der Waals surface area contributed by atoms with Crippen molar-refractivity contribution in [1.29, 1.82) is 0 Å². The second-order valence-corrected chi connectivity index (χ2v) is 7.13. The molecule has 0 aromatic heterocycles. The fraction of sp³-hybridized carbons (Fsp3) is 0.650. The highest BCUT2D eigenvalue weighted by Crippen LogP contribution is 2.36. The number of ether oxygens (including phenoxy) is 2. The Labute approximate surface area is 150 Å². The van der Waals surface area contributed by atoms with Gasteiger partial charge in [-0.2, -0.15) is 0 Å². The van der Waals surface area contributed by atoms with Crippen molar-refractivity contribution in [1.82, 2.24) is 9.80 Å². The average Bonchev–Trinajstić information content (AvgIpc) is 2.66. The molecule has 5 nitrogen and oxygen atoms in total. The number of carbonyl (C=O) groups excluding carboxylic acids is 1. The third-order valence-corrected chi connectivity index (χ3v) is 5.49. The summed E-state index contributed by atoms with van der Waals surface area (Å²) in [6, 6.07) is 6.30. The normalized spacial score (nSPS) is 20.8. The SMILES string of the molecule is COc1ccc2c(c1)CCCC2CC(=O)N(C)CCN1CCOCC1. The van der Waals surface area contributed by atoms with E-state index < -0.39 is 0 Å². The molecule has 1 amide bonds. The van der Waals surface area contributed by atoms with E-state index in [0.717, 1.165) is 64.4 Å². The molecule has 1 aromatic rings. The Bertz CT molecular complexity index is 584. The van der Waals surface area contributed by atoms with Crippen molar-refractivity contribution in [2.24, 2.45) is 0 Å². The van der Waals surface area contributed by atoms with E-state index in [4.69, 9.17) is 9.47 Å². The van der Waals surface area contributed by atoms with E-state index >= 15 is 0 Å². The van der Waals surface area contributed by atoms with Crippen LogP contribution in [0.25, 0.3) is 0 Å². The maximum absolute atomic E-state index is 12.7. The van der Waals surface area contributed by atoms with Crippen LogP contribution >= 0.6 is 0 Å². The molecule has 25 heavy (non-hydrogen) atoms. The molecule has 1 aromatic carbocycles. The van der Waals surface area contributed by atoms with Crippen LogP contribution < -0.4 is 4.74 Å². The van der Waals surface area contributed by atoms with Crippen molar-refractivity contribution in [3.8, 4) is 5.75 Å². The standard InChI is InChI=1S/C20H30N2O3/c1-21(8-9-22-10-12-25-13-11-22)20(23)15-17-5-3-4-16-14-18(24-2)6-7-19(16)17/h6-7,14,17H,3-5,8-13,15H2,1-2H3. The summed E-state index contributed by atoms with van der Waals surface area (Å²) in [6.45, 7) is 5.28. The Balaban J connectivity index is 1.54. The van der Waals surface area contributed by atoms with Crippen LogP contribution in [0, 0.1) is 0 Å². The highest BCUT2D eigenvalue weighted by molar-refractivity contribution is 5.77. The molecule has 1 atom stereocenters. The van der Waals surface area contributed by atoms with E-state index in [-0.39, 0.29) is 5.91 Å². The molecule has 0 saturated carbocycles. The number of nitrogens with zero attached hydrogens (tertiary/aromatic N) is 2. The Hall–Kier alpha value is -1.59. The molecule has 1 heterocycles. The smallest absolute Gasteiger partial charge is 0.222 e. The summed E-state index contributed by atoms with van der Waals surface area (Å²) in [6.07, 6.45) is 3.95. The molecule has 138 valence electrons. The highest BCUT2D eigenvalue weighted by Gasteiger charge is 2.24. The molecular weight excluding hydrogens is 316 g/mol. The molecule has 0 spiro atoms. The molecule has 0 radical (unpaired) electrons. The van der Waals surface area contributed by atoms with Crippen molar-refractivity contribution in [2.75, 3.05) is 53.6 Å². The van der Waals surface area contributed by atoms with Crippen LogP contribution in [0.5, 0.6) is 5.75 Å². The molecule has 0 N–H and O–H groups in total. The van der Waals surface area contributed by atoms with Crippen molar-refractivity contribution in [2.45, 2.75) is 31.6 Å². The van der Waals surface area contributed by atoms with Gasteiger partial charge in [0.05, 0.1) is 20.3 Å². The fourth-order valence-electron chi connectivity index (χ4n) is 3.84. The van der Waals surface area contributed by atoms with Gasteiger partial charge < -0.3 is 14.4 Å². The van der Waals surface area contributed by atoms with Crippen molar-refractivity contribution < 1.29 is 14.3 Å². The first kappa shape index (κ1) is 18.2. The van der Waals surface area contributed by atoms with E-state index in [9.17, 15) is 4.79 Å². The van der Waals surface area contributed by atoms with Gasteiger partial charge in [-0.3, -0.25) is 9.69 Å². The van der Waals surface area contributed by atoms with Crippen LogP contribution in [0.1, 0.15) is 36.3 Å². The number of amides is 1. The molecule has 1 fully saturated rings. The van der Waals surface area contributed by atoms with Crippen molar-refractivity contribution in [3.63, 3.8) is 0 Å². The minimum atomic E-state index is 0.252. The quantitative estimate of drug-likeness (QED) is 0.793. The largest absolute Gasteiger partial charge is 0.497 e. The van der Waals surface area contributed by atoms with Gasteiger partial charge in [0.1, 0.15) is 5.75 Å². The van der Waals surface area contributed by atoms with Gasteiger partial charge >= 0.3 is 0 Å². The molecule has 2 aliphatic rings. The second kappa shape index (κ2) is 8.68. The predicted molar refractivity (Wildman–Crippen MR) is 98.2 cm³/mol. The van der Waals surface area contributed by atoms with Crippen LogP contribution in [-0.4, -0.2) is 69.3 Å². The zero-order valence-electron chi connectivity index (χ0n) is 15.5. The average molecular weight is 346 g/mol. The zero-order valence-corrected chi connectivity index (χ0v) is 15.5. The van der Waals surface area contributed by atoms with Gasteiger partial charge in [0.25, 0.3) is 0 Å². The zero-order chi connectivity index (χ0) is 17.6. The summed E-state index contributed by atoms with van der Waals surface area (Å²) in [5.74, 6) is 1.50. The van der Waals surface area contributed by atoms with Crippen LogP contribution in [-0.2, 0) is 16.0 Å². The molecule has 0 bridgehead atoms. The number of morpholine rings is 1. The summed E-state index contributed by atoms with van der Waals surface area (Å²) >= 11 is 0. The molecule has 1 unspecified atom stereocenters. The van der Waals surface area contributed by atoms with Crippen molar-refractivity contribution >= 4 is 5.91 Å². The lowest BCUT2D eigenvalue weighted by molar-refractivity contribution is -0.130. The number of hydrogen-bond donors (Lipinski definition) is 0. The lowest BCUT2D eigenvalue weighted by Crippen LogP contribution is -2.42. The number of carbonyl (C=O) groups is 1. The van der Waals surface area contributed by atoms with Crippen LogP contribution in [0.15, 0.2) is 18.2 Å². The minimum Gasteiger partial charge on any atom is -0.497 e. The molecule has 1 aliphatic heterocycles. The number of rotatable bonds is 6.